The van der Waals surface area contributed by atoms with Gasteiger partial charge in [-0.25, -0.2) is 4.79 Å². The number of carboxylic acids is 1. The van der Waals surface area contributed by atoms with Crippen LogP contribution in [0.25, 0.3) is 0 Å². The van der Waals surface area contributed by atoms with E-state index < -0.39 is 12.0 Å². The van der Waals surface area contributed by atoms with Crippen LogP contribution in [0, 0.1) is 11.3 Å². The van der Waals surface area contributed by atoms with E-state index in [4.69, 9.17) is 15.1 Å². The van der Waals surface area contributed by atoms with Gasteiger partial charge in [-0.05, 0) is 42.5 Å². The number of carbonyl (C=O) groups is 2. The van der Waals surface area contributed by atoms with Gasteiger partial charge in [0, 0.05) is 23.2 Å². The van der Waals surface area contributed by atoms with E-state index in [-0.39, 0.29) is 36.7 Å². The molecule has 0 heterocycles. The molecule has 0 aliphatic heterocycles. The zero-order valence-corrected chi connectivity index (χ0v) is 14.8. The minimum atomic E-state index is -1.18. The first-order chi connectivity index (χ1) is 13.0. The lowest BCUT2D eigenvalue weighted by Crippen LogP contribution is -2.22. The van der Waals surface area contributed by atoms with Gasteiger partial charge >= 0.3 is 5.97 Å². The van der Waals surface area contributed by atoms with Crippen LogP contribution in [0.3, 0.4) is 0 Å². The Morgan fingerprint density at radius 1 is 1.22 bits per heavy atom. The zero-order chi connectivity index (χ0) is 19.8. The highest BCUT2D eigenvalue weighted by atomic mass is 16.5. The Bertz CT molecular complexity index is 856. The Morgan fingerprint density at radius 3 is 2.48 bits per heavy atom. The molecule has 2 rings (SSSR count). The number of nitrogens with one attached hydrogen (secondary N) is 1. The topological polar surface area (TPSA) is 120 Å². The van der Waals surface area contributed by atoms with Gasteiger partial charge in [-0.2, -0.15) is 5.26 Å². The van der Waals surface area contributed by atoms with Crippen molar-refractivity contribution in [3.8, 4) is 11.8 Å². The number of ether oxygens (including phenoxy) is 1. The van der Waals surface area contributed by atoms with Crippen LogP contribution in [0.4, 0.5) is 5.69 Å². The van der Waals surface area contributed by atoms with Gasteiger partial charge in [0.2, 0.25) is 0 Å². The predicted molar refractivity (Wildman–Crippen MR) is 98.8 cm³/mol. The van der Waals surface area contributed by atoms with E-state index in [0.29, 0.717) is 16.8 Å². The maximum absolute atomic E-state index is 12.0. The number of aliphatic hydroxyl groups excluding tert-OH is 1. The highest BCUT2D eigenvalue weighted by Crippen LogP contribution is 2.30. The number of Topliss-reactive ketones (excluding diaryl/α,β-unsaturated/α-hetero) is 1. The second-order valence-electron chi connectivity index (χ2n) is 5.71. The molecule has 3 N–H and O–H groups in total. The second kappa shape index (κ2) is 9.36. The van der Waals surface area contributed by atoms with Crippen LogP contribution in [-0.2, 0) is 4.79 Å². The molecule has 0 bridgehead atoms. The van der Waals surface area contributed by atoms with E-state index in [1.165, 1.54) is 12.1 Å². The quantitative estimate of drug-likeness (QED) is 0.582. The van der Waals surface area contributed by atoms with Gasteiger partial charge in [0.25, 0.3) is 0 Å². The first-order valence-corrected chi connectivity index (χ1v) is 8.40. The Morgan fingerprint density at radius 2 is 1.93 bits per heavy atom. The molecule has 0 saturated carbocycles. The van der Waals surface area contributed by atoms with Crippen molar-refractivity contribution < 1.29 is 24.5 Å². The van der Waals surface area contributed by atoms with Gasteiger partial charge in [0.15, 0.2) is 11.8 Å². The fraction of sp³-hybridized carbons (Fsp3) is 0.250. The number of nitriles is 1. The summed E-state index contributed by atoms with van der Waals surface area (Å²) in [5.74, 6) is -1.01. The molecule has 0 amide bonds. The number of anilines is 1. The smallest absolute Gasteiger partial charge is 0.330 e. The monoisotopic (exact) mass is 368 g/mol. The van der Waals surface area contributed by atoms with E-state index in [1.54, 1.807) is 37.3 Å². The number of aliphatic hydroxyl groups is 1. The maximum atomic E-state index is 12.0. The Kier molecular flexibility index (Phi) is 6.92. The van der Waals surface area contributed by atoms with Crippen molar-refractivity contribution in [3.05, 3.63) is 59.2 Å². The van der Waals surface area contributed by atoms with Gasteiger partial charge in [0.1, 0.15) is 12.4 Å². The maximum Gasteiger partial charge on any atom is 0.330 e. The molecule has 0 radical (unpaired) electrons. The van der Waals surface area contributed by atoms with Crippen molar-refractivity contribution >= 4 is 17.4 Å². The number of carboxylic acid groups (broad SMARTS) is 1. The van der Waals surface area contributed by atoms with Crippen LogP contribution in [0.15, 0.2) is 42.5 Å². The third kappa shape index (κ3) is 5.06. The Balaban J connectivity index is 2.44. The first kappa shape index (κ1) is 19.9. The van der Waals surface area contributed by atoms with Crippen molar-refractivity contribution in [1.29, 1.82) is 5.26 Å². The molecule has 7 nitrogen and oxygen atoms in total. The number of nitrogens with zero attached hydrogens (tertiary/aromatic N) is 1. The van der Waals surface area contributed by atoms with Gasteiger partial charge in [-0.3, -0.25) is 4.79 Å². The van der Waals surface area contributed by atoms with E-state index in [2.05, 4.69) is 5.32 Å². The summed E-state index contributed by atoms with van der Waals surface area (Å²) in [5.41, 5.74) is 1.62. The highest BCUT2D eigenvalue weighted by Gasteiger charge is 2.25. The minimum absolute atomic E-state index is 0.00270. The molecule has 27 heavy (non-hydrogen) atoms. The van der Waals surface area contributed by atoms with Gasteiger partial charge in [-0.1, -0.05) is 6.92 Å². The van der Waals surface area contributed by atoms with E-state index in [1.807, 2.05) is 6.07 Å². The van der Waals surface area contributed by atoms with Crippen LogP contribution in [-0.4, -0.2) is 35.2 Å². The molecule has 140 valence electrons. The molecular formula is C20H20N2O5. The lowest BCUT2D eigenvalue weighted by molar-refractivity contribution is -0.138. The normalized spacial score (nSPS) is 11.3. The molecule has 0 saturated heterocycles. The van der Waals surface area contributed by atoms with Crippen LogP contribution < -0.4 is 10.1 Å². The number of hydrogen-bond acceptors (Lipinski definition) is 6. The number of rotatable bonds is 9. The number of benzene rings is 2. The molecule has 1 unspecified atom stereocenters. The number of carbonyl (C=O) groups excluding carboxylic acids is 1. The Labute approximate surface area is 156 Å². The molecule has 1 atom stereocenters. The zero-order valence-electron chi connectivity index (χ0n) is 14.8. The average molecular weight is 368 g/mol. The van der Waals surface area contributed by atoms with Crippen molar-refractivity contribution in [2.24, 2.45) is 0 Å². The van der Waals surface area contributed by atoms with Gasteiger partial charge < -0.3 is 20.3 Å². The van der Waals surface area contributed by atoms with E-state index >= 15 is 0 Å². The Hall–Kier alpha value is -3.37. The van der Waals surface area contributed by atoms with Crippen LogP contribution in [0.1, 0.15) is 40.9 Å². The van der Waals surface area contributed by atoms with Crippen LogP contribution >= 0.6 is 0 Å². The summed E-state index contributed by atoms with van der Waals surface area (Å²) in [5, 5.41) is 30.5. The average Bonchev–Trinajstić information content (AvgIpc) is 2.70. The van der Waals surface area contributed by atoms with Crippen molar-refractivity contribution in [2.75, 3.05) is 18.5 Å². The standard InChI is InChI=1S/C20H20N2O5/c1-2-17(24)14-5-8-18(27-10-9-23)16(11-14)19(20(25)26)22-15-6-3-13(12-21)4-7-15/h3-8,11,19,22-23H,2,9-10H2,1H3,(H,25,26). The lowest BCUT2D eigenvalue weighted by Gasteiger charge is -2.20. The number of hydrogen-bond donors (Lipinski definition) is 3. The summed E-state index contributed by atoms with van der Waals surface area (Å²) < 4.78 is 5.45. The van der Waals surface area contributed by atoms with Gasteiger partial charge in [-0.15, -0.1) is 0 Å². The summed E-state index contributed by atoms with van der Waals surface area (Å²) in [6, 6.07) is 11.8. The summed E-state index contributed by atoms with van der Waals surface area (Å²) in [4.78, 5) is 23.9. The van der Waals surface area contributed by atoms with Crippen molar-refractivity contribution in [3.63, 3.8) is 0 Å². The number of ketones is 1. The first-order valence-electron chi connectivity index (χ1n) is 8.40. The molecule has 2 aromatic rings. The fourth-order valence-electron chi connectivity index (χ4n) is 2.52. The van der Waals surface area contributed by atoms with E-state index in [0.717, 1.165) is 0 Å². The molecule has 0 aliphatic rings. The summed E-state index contributed by atoms with van der Waals surface area (Å²) in [6.45, 7) is 1.50. The van der Waals surface area contributed by atoms with Crippen molar-refractivity contribution in [1.82, 2.24) is 0 Å². The summed E-state index contributed by atoms with van der Waals surface area (Å²) >= 11 is 0. The minimum Gasteiger partial charge on any atom is -0.491 e. The predicted octanol–water partition coefficient (Wildman–Crippen LogP) is 2.76. The molecule has 2 aromatic carbocycles. The molecule has 0 fully saturated rings. The highest BCUT2D eigenvalue weighted by molar-refractivity contribution is 5.96. The second-order valence-corrected chi connectivity index (χ2v) is 5.71. The third-order valence-corrected chi connectivity index (χ3v) is 3.88. The van der Waals surface area contributed by atoms with Gasteiger partial charge in [0.05, 0.1) is 18.2 Å². The SMILES string of the molecule is CCC(=O)c1ccc(OCCO)c(C(Nc2ccc(C#N)cc2)C(=O)O)c1. The number of aliphatic carboxylic acids is 1. The molecule has 0 aromatic heterocycles. The molecule has 0 aliphatic carbocycles. The summed E-state index contributed by atoms with van der Waals surface area (Å²) in [7, 11) is 0. The van der Waals surface area contributed by atoms with Crippen molar-refractivity contribution in [2.45, 2.75) is 19.4 Å². The molecular weight excluding hydrogens is 348 g/mol. The molecule has 0 spiro atoms. The van der Waals surface area contributed by atoms with Crippen LogP contribution in [0.2, 0.25) is 0 Å². The largest absolute Gasteiger partial charge is 0.491 e. The summed E-state index contributed by atoms with van der Waals surface area (Å²) in [6.07, 6.45) is 0.289. The lowest BCUT2D eigenvalue weighted by atomic mass is 9.99. The van der Waals surface area contributed by atoms with Crippen LogP contribution in [0.5, 0.6) is 5.75 Å². The fourth-order valence-corrected chi connectivity index (χ4v) is 2.52. The van der Waals surface area contributed by atoms with E-state index in [9.17, 15) is 14.7 Å². The molecule has 7 heteroatoms. The third-order valence-electron chi connectivity index (χ3n) is 3.88.